The zero-order valence-corrected chi connectivity index (χ0v) is 17.0. The van der Waals surface area contributed by atoms with Crippen LogP contribution in [0.3, 0.4) is 0 Å². The lowest BCUT2D eigenvalue weighted by Gasteiger charge is -2.14. The molecule has 1 aromatic carbocycles. The topological polar surface area (TPSA) is 66.9 Å². The second-order valence-electron chi connectivity index (χ2n) is 7.25. The van der Waals surface area contributed by atoms with Crippen LogP contribution in [0.15, 0.2) is 36.5 Å². The second-order valence-corrected chi connectivity index (χ2v) is 7.25. The summed E-state index contributed by atoms with van der Waals surface area (Å²) < 4.78 is 25.0. The summed E-state index contributed by atoms with van der Waals surface area (Å²) in [7, 11) is 5.62. The Morgan fingerprint density at radius 3 is 2.83 bits per heavy atom. The molecule has 156 valence electrons. The van der Waals surface area contributed by atoms with E-state index in [1.165, 1.54) is 11.0 Å². The number of cyclic esters (lactones) is 1. The van der Waals surface area contributed by atoms with E-state index in [0.717, 1.165) is 25.3 Å². The summed E-state index contributed by atoms with van der Waals surface area (Å²) >= 11 is 0. The number of carbonyl (C=O) groups excluding carboxylic acids is 1. The lowest BCUT2D eigenvalue weighted by Crippen LogP contribution is -2.25. The molecular weight excluding hydrogens is 375 g/mol. The van der Waals surface area contributed by atoms with Gasteiger partial charge in [-0.2, -0.15) is 0 Å². The van der Waals surface area contributed by atoms with E-state index >= 15 is 0 Å². The molecule has 0 aliphatic carbocycles. The van der Waals surface area contributed by atoms with Crippen molar-refractivity contribution in [3.8, 4) is 11.1 Å². The first-order chi connectivity index (χ1) is 14.0. The highest BCUT2D eigenvalue weighted by Gasteiger charge is 2.32. The van der Waals surface area contributed by atoms with Gasteiger partial charge in [-0.15, -0.1) is 0 Å². The van der Waals surface area contributed by atoms with Crippen molar-refractivity contribution in [3.05, 3.63) is 42.3 Å². The first-order valence-electron chi connectivity index (χ1n) is 9.59. The maximum absolute atomic E-state index is 14.7. The largest absolute Gasteiger partial charge is 0.441 e. The van der Waals surface area contributed by atoms with Gasteiger partial charge in [-0.05, 0) is 57.4 Å². The van der Waals surface area contributed by atoms with Crippen molar-refractivity contribution in [3.63, 3.8) is 0 Å². The summed E-state index contributed by atoms with van der Waals surface area (Å²) in [6.45, 7) is 2.47. The normalized spacial score (nSPS) is 16.4. The summed E-state index contributed by atoms with van der Waals surface area (Å²) in [5.74, 6) is 0.340. The number of benzene rings is 1. The maximum Gasteiger partial charge on any atom is 0.414 e. The predicted octanol–water partition coefficient (Wildman–Crippen LogP) is 3.22. The van der Waals surface area contributed by atoms with Gasteiger partial charge in [-0.1, -0.05) is 0 Å². The van der Waals surface area contributed by atoms with Gasteiger partial charge in [0.25, 0.3) is 0 Å². The molecule has 1 fully saturated rings. The number of pyridine rings is 1. The number of anilines is 2. The van der Waals surface area contributed by atoms with Crippen molar-refractivity contribution < 1.29 is 18.7 Å². The van der Waals surface area contributed by atoms with E-state index in [9.17, 15) is 9.18 Å². The number of halogens is 1. The van der Waals surface area contributed by atoms with Crippen molar-refractivity contribution in [1.82, 2.24) is 9.88 Å². The summed E-state index contributed by atoms with van der Waals surface area (Å²) in [6, 6.07) is 8.38. The molecule has 1 saturated heterocycles. The summed E-state index contributed by atoms with van der Waals surface area (Å²) in [6.07, 6.45) is 1.81. The smallest absolute Gasteiger partial charge is 0.414 e. The third-order valence-corrected chi connectivity index (χ3v) is 4.65. The Labute approximate surface area is 170 Å². The van der Waals surface area contributed by atoms with Crippen molar-refractivity contribution >= 4 is 17.6 Å². The lowest BCUT2D eigenvalue weighted by atomic mass is 10.1. The average Bonchev–Trinajstić information content (AvgIpc) is 3.06. The molecule has 3 rings (SSSR count). The Kier molecular flexibility index (Phi) is 7.00. The molecule has 1 atom stereocenters. The molecule has 8 heteroatoms. The molecule has 0 saturated carbocycles. The van der Waals surface area contributed by atoms with Crippen LogP contribution in [0.25, 0.3) is 11.1 Å². The zero-order chi connectivity index (χ0) is 20.8. The number of nitrogens with zero attached hydrogens (tertiary/aromatic N) is 3. The van der Waals surface area contributed by atoms with Gasteiger partial charge in [0.1, 0.15) is 17.7 Å². The van der Waals surface area contributed by atoms with E-state index in [1.54, 1.807) is 25.4 Å². The molecule has 0 spiro atoms. The highest BCUT2D eigenvalue weighted by Crippen LogP contribution is 2.29. The molecular formula is C21H27FN4O3. The molecule has 1 aliphatic heterocycles. The third-order valence-electron chi connectivity index (χ3n) is 4.65. The van der Waals surface area contributed by atoms with Gasteiger partial charge in [0.05, 0.1) is 18.8 Å². The van der Waals surface area contributed by atoms with Gasteiger partial charge in [-0.3, -0.25) is 4.90 Å². The average molecular weight is 402 g/mol. The number of ether oxygens (including phenoxy) is 2. The number of hydrogen-bond donors (Lipinski definition) is 1. The number of methoxy groups -OCH3 is 1. The number of aromatic nitrogens is 1. The van der Waals surface area contributed by atoms with Crippen LogP contribution in [-0.4, -0.2) is 69.5 Å². The zero-order valence-electron chi connectivity index (χ0n) is 17.0. The number of nitrogens with one attached hydrogen (secondary N) is 1. The van der Waals surface area contributed by atoms with Crippen molar-refractivity contribution in [2.75, 3.05) is 57.7 Å². The van der Waals surface area contributed by atoms with Crippen molar-refractivity contribution in [1.29, 1.82) is 0 Å². The van der Waals surface area contributed by atoms with Crippen LogP contribution >= 0.6 is 0 Å². The van der Waals surface area contributed by atoms with Crippen LogP contribution < -0.4 is 10.2 Å². The molecule has 1 aliphatic rings. The predicted molar refractivity (Wildman–Crippen MR) is 111 cm³/mol. The van der Waals surface area contributed by atoms with Crippen LogP contribution in [0, 0.1) is 5.82 Å². The van der Waals surface area contributed by atoms with Gasteiger partial charge in [-0.25, -0.2) is 14.2 Å². The number of rotatable bonds is 9. The summed E-state index contributed by atoms with van der Waals surface area (Å²) in [5, 5.41) is 3.26. The Hall–Kier alpha value is -2.71. The molecule has 7 nitrogen and oxygen atoms in total. The van der Waals surface area contributed by atoms with Crippen molar-refractivity contribution in [2.24, 2.45) is 0 Å². The molecule has 1 unspecified atom stereocenters. The van der Waals surface area contributed by atoms with Crippen LogP contribution in [0.5, 0.6) is 0 Å². The third kappa shape index (κ3) is 5.42. The Morgan fingerprint density at radius 2 is 2.17 bits per heavy atom. The standard InChI is InChI=1S/C21H27FN4O3/c1-25(2)10-4-9-23-20-8-5-15(12-24-20)18-7-6-16(11-19(18)22)26-13-17(14-28-3)29-21(26)27/h5-8,11-12,17H,4,9-10,13-14H2,1-3H3,(H,23,24). The SMILES string of the molecule is COCC1CN(c2ccc(-c3ccc(NCCCN(C)C)nc3)c(F)c2)C(=O)O1. The number of hydrogen-bond acceptors (Lipinski definition) is 6. The van der Waals surface area contributed by atoms with E-state index in [1.807, 2.05) is 26.2 Å². The second kappa shape index (κ2) is 9.67. The maximum atomic E-state index is 14.7. The minimum absolute atomic E-state index is 0.310. The molecule has 1 aromatic heterocycles. The first kappa shape index (κ1) is 21.0. The highest BCUT2D eigenvalue weighted by molar-refractivity contribution is 5.90. The molecule has 2 heterocycles. The fourth-order valence-electron chi connectivity index (χ4n) is 3.18. The minimum Gasteiger partial charge on any atom is -0.441 e. The van der Waals surface area contributed by atoms with E-state index in [4.69, 9.17) is 9.47 Å². The molecule has 2 aromatic rings. The van der Waals surface area contributed by atoms with E-state index in [-0.39, 0.29) is 6.10 Å². The van der Waals surface area contributed by atoms with Gasteiger partial charge >= 0.3 is 6.09 Å². The van der Waals surface area contributed by atoms with Gasteiger partial charge in [0, 0.05) is 31.0 Å². The molecule has 1 N–H and O–H groups in total. The van der Waals surface area contributed by atoms with Gasteiger partial charge in [0.2, 0.25) is 0 Å². The van der Waals surface area contributed by atoms with Crippen LogP contribution in [0.2, 0.25) is 0 Å². The van der Waals surface area contributed by atoms with Gasteiger partial charge in [0.15, 0.2) is 0 Å². The number of carbonyl (C=O) groups is 1. The highest BCUT2D eigenvalue weighted by atomic mass is 19.1. The molecule has 0 radical (unpaired) electrons. The fraction of sp³-hybridized carbons (Fsp3) is 0.429. The van der Waals surface area contributed by atoms with E-state index in [0.29, 0.717) is 30.0 Å². The van der Waals surface area contributed by atoms with Gasteiger partial charge < -0.3 is 19.7 Å². The summed E-state index contributed by atoms with van der Waals surface area (Å²) in [5.41, 5.74) is 1.57. The minimum atomic E-state index is -0.495. The molecule has 1 amide bonds. The van der Waals surface area contributed by atoms with Crippen molar-refractivity contribution in [2.45, 2.75) is 12.5 Å². The lowest BCUT2D eigenvalue weighted by molar-refractivity contribution is 0.0718. The Bertz CT molecular complexity index is 829. The fourth-order valence-corrected chi connectivity index (χ4v) is 3.18. The Balaban J connectivity index is 1.65. The van der Waals surface area contributed by atoms with Crippen LogP contribution in [-0.2, 0) is 9.47 Å². The number of amides is 1. The van der Waals surface area contributed by atoms with E-state index in [2.05, 4.69) is 15.2 Å². The molecule has 0 bridgehead atoms. The molecule has 29 heavy (non-hydrogen) atoms. The first-order valence-corrected chi connectivity index (χ1v) is 9.59. The Morgan fingerprint density at radius 1 is 1.34 bits per heavy atom. The monoisotopic (exact) mass is 402 g/mol. The van der Waals surface area contributed by atoms with Crippen LogP contribution in [0.1, 0.15) is 6.42 Å². The quantitative estimate of drug-likeness (QED) is 0.650. The van der Waals surface area contributed by atoms with Crippen LogP contribution in [0.4, 0.5) is 20.7 Å². The summed E-state index contributed by atoms with van der Waals surface area (Å²) in [4.78, 5) is 19.9. The van der Waals surface area contributed by atoms with E-state index < -0.39 is 11.9 Å².